The molecule has 1 aromatic rings. The fourth-order valence-corrected chi connectivity index (χ4v) is 2.30. The number of rotatable bonds is 5. The van der Waals surface area contributed by atoms with Gasteiger partial charge >= 0.3 is 0 Å². The van der Waals surface area contributed by atoms with Gasteiger partial charge in [-0.25, -0.2) is 8.78 Å². The van der Waals surface area contributed by atoms with Gasteiger partial charge in [-0.05, 0) is 44.0 Å². The van der Waals surface area contributed by atoms with E-state index in [0.717, 1.165) is 38.1 Å². The molecule has 0 saturated carbocycles. The van der Waals surface area contributed by atoms with Crippen LogP contribution >= 0.6 is 12.4 Å². The van der Waals surface area contributed by atoms with E-state index < -0.39 is 11.6 Å². The van der Waals surface area contributed by atoms with Crippen molar-refractivity contribution in [2.45, 2.75) is 19.3 Å². The summed E-state index contributed by atoms with van der Waals surface area (Å²) in [6.07, 6.45) is 1.78. The first-order valence-corrected chi connectivity index (χ1v) is 6.57. The largest absolute Gasteiger partial charge is 0.356 e. The van der Waals surface area contributed by atoms with Crippen LogP contribution in [0.4, 0.5) is 8.78 Å². The van der Waals surface area contributed by atoms with Crippen LogP contribution in [0.1, 0.15) is 18.4 Å². The maximum Gasteiger partial charge on any atom is 0.224 e. The van der Waals surface area contributed by atoms with Gasteiger partial charge in [-0.1, -0.05) is 6.07 Å². The van der Waals surface area contributed by atoms with Crippen molar-refractivity contribution in [3.63, 3.8) is 0 Å². The molecular weight excluding hydrogens is 286 g/mol. The molecule has 6 heteroatoms. The van der Waals surface area contributed by atoms with Crippen LogP contribution in [0.3, 0.4) is 0 Å². The van der Waals surface area contributed by atoms with Gasteiger partial charge in [-0.15, -0.1) is 12.4 Å². The molecule has 0 bridgehead atoms. The summed E-state index contributed by atoms with van der Waals surface area (Å²) >= 11 is 0. The zero-order chi connectivity index (χ0) is 13.7. The average Bonchev–Trinajstić information content (AvgIpc) is 2.87. The van der Waals surface area contributed by atoms with E-state index in [1.807, 2.05) is 0 Å². The maximum absolute atomic E-state index is 13.4. The molecule has 2 N–H and O–H groups in total. The molecule has 1 saturated heterocycles. The van der Waals surface area contributed by atoms with E-state index in [4.69, 9.17) is 0 Å². The molecular formula is C14H19ClF2N2O. The molecule has 0 aliphatic carbocycles. The summed E-state index contributed by atoms with van der Waals surface area (Å²) in [5.41, 5.74) is -0.164. The smallest absolute Gasteiger partial charge is 0.224 e. The lowest BCUT2D eigenvalue weighted by molar-refractivity contribution is -0.120. The lowest BCUT2D eigenvalue weighted by Gasteiger charge is -2.10. The van der Waals surface area contributed by atoms with Gasteiger partial charge in [-0.2, -0.15) is 0 Å². The Hall–Kier alpha value is -1.20. The number of hydrogen-bond donors (Lipinski definition) is 2. The summed E-state index contributed by atoms with van der Waals surface area (Å²) in [5, 5.41) is 5.97. The Kier molecular flexibility index (Phi) is 6.88. The molecule has 1 aliphatic rings. The molecule has 1 fully saturated rings. The Morgan fingerprint density at radius 3 is 2.65 bits per heavy atom. The van der Waals surface area contributed by atoms with Crippen molar-refractivity contribution in [2.24, 2.45) is 5.92 Å². The fourth-order valence-electron chi connectivity index (χ4n) is 2.30. The van der Waals surface area contributed by atoms with Crippen LogP contribution < -0.4 is 10.6 Å². The summed E-state index contributed by atoms with van der Waals surface area (Å²) < 4.78 is 26.7. The Bertz CT molecular complexity index is 431. The molecule has 1 atom stereocenters. The number of nitrogens with one attached hydrogen (secondary N) is 2. The van der Waals surface area contributed by atoms with E-state index >= 15 is 0 Å². The third-order valence-electron chi connectivity index (χ3n) is 3.44. The molecule has 1 aromatic carbocycles. The monoisotopic (exact) mass is 304 g/mol. The van der Waals surface area contributed by atoms with Crippen molar-refractivity contribution in [1.29, 1.82) is 0 Å². The summed E-state index contributed by atoms with van der Waals surface area (Å²) in [6, 6.07) is 3.62. The Labute approximate surface area is 123 Å². The van der Waals surface area contributed by atoms with E-state index in [-0.39, 0.29) is 30.3 Å². The Morgan fingerprint density at radius 2 is 2.05 bits per heavy atom. The molecule has 112 valence electrons. The highest BCUT2D eigenvalue weighted by atomic mass is 35.5. The predicted molar refractivity (Wildman–Crippen MR) is 75.9 cm³/mol. The van der Waals surface area contributed by atoms with Gasteiger partial charge in [0.2, 0.25) is 5.91 Å². The zero-order valence-electron chi connectivity index (χ0n) is 11.1. The van der Waals surface area contributed by atoms with Crippen LogP contribution in [-0.4, -0.2) is 25.5 Å². The van der Waals surface area contributed by atoms with Gasteiger partial charge in [0.05, 0.1) is 6.42 Å². The van der Waals surface area contributed by atoms with Crippen molar-refractivity contribution in [3.05, 3.63) is 35.4 Å². The van der Waals surface area contributed by atoms with Crippen LogP contribution in [0.5, 0.6) is 0 Å². The van der Waals surface area contributed by atoms with E-state index in [1.165, 1.54) is 6.07 Å². The van der Waals surface area contributed by atoms with Crippen LogP contribution in [0.2, 0.25) is 0 Å². The SMILES string of the molecule is Cl.O=C(Cc1c(F)cccc1F)NCCC1CCNC1. The molecule has 3 nitrogen and oxygen atoms in total. The Morgan fingerprint density at radius 1 is 1.35 bits per heavy atom. The van der Waals surface area contributed by atoms with Crippen molar-refractivity contribution in [3.8, 4) is 0 Å². The summed E-state index contributed by atoms with van der Waals surface area (Å²) in [5.74, 6) is -1.09. The molecule has 1 aliphatic heterocycles. The minimum absolute atomic E-state index is 0. The number of hydrogen-bond acceptors (Lipinski definition) is 2. The number of benzene rings is 1. The van der Waals surface area contributed by atoms with E-state index in [9.17, 15) is 13.6 Å². The summed E-state index contributed by atoms with van der Waals surface area (Å²) in [7, 11) is 0. The number of carbonyl (C=O) groups is 1. The maximum atomic E-state index is 13.4. The van der Waals surface area contributed by atoms with Crippen molar-refractivity contribution >= 4 is 18.3 Å². The third kappa shape index (κ3) is 4.72. The second kappa shape index (κ2) is 8.17. The minimum Gasteiger partial charge on any atom is -0.356 e. The Balaban J connectivity index is 0.00000200. The van der Waals surface area contributed by atoms with Crippen LogP contribution in [0.25, 0.3) is 0 Å². The summed E-state index contributed by atoms with van der Waals surface area (Å²) in [6.45, 7) is 2.57. The van der Waals surface area contributed by atoms with Gasteiger partial charge in [0, 0.05) is 12.1 Å². The molecule has 0 spiro atoms. The topological polar surface area (TPSA) is 41.1 Å². The quantitative estimate of drug-likeness (QED) is 0.874. The molecule has 1 amide bonds. The molecule has 1 heterocycles. The van der Waals surface area contributed by atoms with E-state index in [1.54, 1.807) is 0 Å². The first kappa shape index (κ1) is 16.9. The van der Waals surface area contributed by atoms with Gasteiger partial charge < -0.3 is 10.6 Å². The van der Waals surface area contributed by atoms with Gasteiger partial charge in [0.25, 0.3) is 0 Å². The molecule has 1 unspecified atom stereocenters. The van der Waals surface area contributed by atoms with Crippen molar-refractivity contribution < 1.29 is 13.6 Å². The highest BCUT2D eigenvalue weighted by Crippen LogP contribution is 2.13. The van der Waals surface area contributed by atoms with E-state index in [2.05, 4.69) is 10.6 Å². The highest BCUT2D eigenvalue weighted by molar-refractivity contribution is 5.85. The van der Waals surface area contributed by atoms with Gasteiger partial charge in [0.15, 0.2) is 0 Å². The predicted octanol–water partition coefficient (Wildman–Crippen LogP) is 2.04. The first-order valence-electron chi connectivity index (χ1n) is 6.57. The van der Waals surface area contributed by atoms with Crippen LogP contribution in [0.15, 0.2) is 18.2 Å². The molecule has 0 radical (unpaired) electrons. The fraction of sp³-hybridized carbons (Fsp3) is 0.500. The number of carbonyl (C=O) groups excluding carboxylic acids is 1. The standard InChI is InChI=1S/C14H18F2N2O.ClH/c15-12-2-1-3-13(16)11(12)8-14(19)18-7-5-10-4-6-17-9-10;/h1-3,10,17H,4-9H2,(H,18,19);1H. The van der Waals surface area contributed by atoms with Crippen molar-refractivity contribution in [2.75, 3.05) is 19.6 Å². The second-order valence-corrected chi connectivity index (χ2v) is 4.87. The second-order valence-electron chi connectivity index (χ2n) is 4.87. The van der Waals surface area contributed by atoms with Gasteiger partial charge in [0.1, 0.15) is 11.6 Å². The lowest BCUT2D eigenvalue weighted by Crippen LogP contribution is -2.28. The average molecular weight is 305 g/mol. The number of amides is 1. The zero-order valence-corrected chi connectivity index (χ0v) is 11.9. The first-order chi connectivity index (χ1) is 9.16. The lowest BCUT2D eigenvalue weighted by atomic mass is 10.1. The van der Waals surface area contributed by atoms with E-state index in [0.29, 0.717) is 12.5 Å². The van der Waals surface area contributed by atoms with Gasteiger partial charge in [-0.3, -0.25) is 4.79 Å². The summed E-state index contributed by atoms with van der Waals surface area (Å²) in [4.78, 5) is 11.6. The normalized spacial score (nSPS) is 17.6. The third-order valence-corrected chi connectivity index (χ3v) is 3.44. The van der Waals surface area contributed by atoms with Crippen LogP contribution in [0, 0.1) is 17.6 Å². The molecule has 0 aromatic heterocycles. The molecule has 20 heavy (non-hydrogen) atoms. The molecule has 2 rings (SSSR count). The van der Waals surface area contributed by atoms with Crippen LogP contribution in [-0.2, 0) is 11.2 Å². The minimum atomic E-state index is -0.671. The van der Waals surface area contributed by atoms with Crippen molar-refractivity contribution in [1.82, 2.24) is 10.6 Å². The highest BCUT2D eigenvalue weighted by Gasteiger charge is 2.15. The number of halogens is 3.